The number of nitrogens with one attached hydrogen (secondary N) is 1. The van der Waals surface area contributed by atoms with E-state index >= 15 is 0 Å². The molecule has 0 radical (unpaired) electrons. The van der Waals surface area contributed by atoms with Gasteiger partial charge in [-0.3, -0.25) is 4.79 Å². The van der Waals surface area contributed by atoms with E-state index in [1.807, 2.05) is 5.38 Å². The van der Waals surface area contributed by atoms with Crippen molar-refractivity contribution in [1.82, 2.24) is 14.2 Å². The normalized spacial score (nSPS) is 19.9. The number of hydrogen-bond acceptors (Lipinski definition) is 7. The molecule has 1 aromatic carbocycles. The van der Waals surface area contributed by atoms with E-state index in [-0.39, 0.29) is 16.9 Å². The molecular weight excluding hydrogens is 436 g/mol. The molecule has 1 amide bonds. The number of anilines is 1. The second-order valence-corrected chi connectivity index (χ2v) is 10.8. The number of thiazole rings is 1. The standard InChI is InChI=1S/C21H28N4O4S2/c1-16(26)23-17-2-4-20(5-3-17)31(27,28)25-13-6-18(7-14-25)24-11-8-19(9-12-24)29-21-22-10-15-30-21/h2-5,10,15,18-19H,6-9,11-14H2,1H3,(H,23,26). The summed E-state index contributed by atoms with van der Waals surface area (Å²) in [6, 6.07) is 6.77. The van der Waals surface area contributed by atoms with Crippen molar-refractivity contribution < 1.29 is 17.9 Å². The zero-order chi connectivity index (χ0) is 21.8. The summed E-state index contributed by atoms with van der Waals surface area (Å²) >= 11 is 1.52. The molecule has 4 rings (SSSR count). The van der Waals surface area contributed by atoms with Gasteiger partial charge in [-0.2, -0.15) is 4.31 Å². The first kappa shape index (κ1) is 22.2. The second-order valence-electron chi connectivity index (χ2n) is 7.99. The van der Waals surface area contributed by atoms with Gasteiger partial charge in [0, 0.05) is 56.4 Å². The molecule has 8 nitrogen and oxygen atoms in total. The molecule has 2 aromatic rings. The van der Waals surface area contributed by atoms with Gasteiger partial charge in [0.15, 0.2) is 0 Å². The van der Waals surface area contributed by atoms with Gasteiger partial charge >= 0.3 is 0 Å². The molecule has 2 aliphatic heterocycles. The molecule has 0 spiro atoms. The summed E-state index contributed by atoms with van der Waals surface area (Å²) in [5.41, 5.74) is 0.590. The Kier molecular flexibility index (Phi) is 6.90. The van der Waals surface area contributed by atoms with Crippen LogP contribution in [-0.4, -0.2) is 66.8 Å². The van der Waals surface area contributed by atoms with Gasteiger partial charge < -0.3 is 15.0 Å². The fourth-order valence-electron chi connectivity index (χ4n) is 4.28. The number of nitrogens with zero attached hydrogens (tertiary/aromatic N) is 3. The molecule has 0 aliphatic carbocycles. The van der Waals surface area contributed by atoms with Crippen LogP contribution in [0.4, 0.5) is 5.69 Å². The topological polar surface area (TPSA) is 91.8 Å². The number of carbonyl (C=O) groups is 1. The molecule has 2 saturated heterocycles. The molecule has 3 heterocycles. The van der Waals surface area contributed by atoms with Gasteiger partial charge in [0.1, 0.15) is 6.10 Å². The van der Waals surface area contributed by atoms with Crippen LogP contribution in [0.5, 0.6) is 5.19 Å². The van der Waals surface area contributed by atoms with E-state index in [0.717, 1.165) is 44.0 Å². The minimum absolute atomic E-state index is 0.184. The van der Waals surface area contributed by atoms with E-state index in [9.17, 15) is 13.2 Å². The number of sulfonamides is 1. The highest BCUT2D eigenvalue weighted by molar-refractivity contribution is 7.89. The fourth-order valence-corrected chi connectivity index (χ4v) is 6.30. The molecule has 0 bridgehead atoms. The van der Waals surface area contributed by atoms with Crippen molar-refractivity contribution in [3.05, 3.63) is 35.8 Å². The SMILES string of the molecule is CC(=O)Nc1ccc(S(=O)(=O)N2CCC(N3CCC(Oc4nccs4)CC3)CC2)cc1. The van der Waals surface area contributed by atoms with E-state index in [1.54, 1.807) is 34.8 Å². The smallest absolute Gasteiger partial charge is 0.273 e. The van der Waals surface area contributed by atoms with Crippen molar-refractivity contribution in [2.75, 3.05) is 31.5 Å². The van der Waals surface area contributed by atoms with E-state index in [0.29, 0.717) is 24.8 Å². The van der Waals surface area contributed by atoms with Crippen LogP contribution in [-0.2, 0) is 14.8 Å². The molecule has 168 valence electrons. The predicted octanol–water partition coefficient (Wildman–Crippen LogP) is 2.80. The predicted molar refractivity (Wildman–Crippen MR) is 120 cm³/mol. The van der Waals surface area contributed by atoms with Gasteiger partial charge in [0.25, 0.3) is 5.19 Å². The van der Waals surface area contributed by atoms with E-state index in [4.69, 9.17) is 4.74 Å². The van der Waals surface area contributed by atoms with Crippen LogP contribution in [0.15, 0.2) is 40.7 Å². The molecule has 2 fully saturated rings. The van der Waals surface area contributed by atoms with Crippen molar-refractivity contribution in [1.29, 1.82) is 0 Å². The van der Waals surface area contributed by atoms with Crippen LogP contribution in [0.2, 0.25) is 0 Å². The summed E-state index contributed by atoms with van der Waals surface area (Å²) in [4.78, 5) is 18.1. The van der Waals surface area contributed by atoms with E-state index < -0.39 is 10.0 Å². The van der Waals surface area contributed by atoms with Crippen LogP contribution >= 0.6 is 11.3 Å². The van der Waals surface area contributed by atoms with Gasteiger partial charge in [-0.1, -0.05) is 11.3 Å². The second kappa shape index (κ2) is 9.64. The number of benzene rings is 1. The highest BCUT2D eigenvalue weighted by Crippen LogP contribution is 2.27. The van der Waals surface area contributed by atoms with Crippen molar-refractivity contribution in [2.45, 2.75) is 49.6 Å². The Bertz CT molecular complexity index is 963. The summed E-state index contributed by atoms with van der Waals surface area (Å²) in [6.45, 7) is 4.41. The van der Waals surface area contributed by atoms with E-state index in [1.165, 1.54) is 18.3 Å². The average molecular weight is 465 g/mol. The Labute approximate surface area is 187 Å². The summed E-state index contributed by atoms with van der Waals surface area (Å²) < 4.78 is 33.5. The molecule has 1 N–H and O–H groups in total. The average Bonchev–Trinajstić information content (AvgIpc) is 3.27. The molecule has 1 aromatic heterocycles. The summed E-state index contributed by atoms with van der Waals surface area (Å²) in [6.07, 6.45) is 5.58. The minimum atomic E-state index is -3.52. The van der Waals surface area contributed by atoms with Crippen molar-refractivity contribution >= 4 is 33.0 Å². The third-order valence-corrected chi connectivity index (χ3v) is 8.48. The number of piperidine rings is 2. The summed E-state index contributed by atoms with van der Waals surface area (Å²) in [5, 5.41) is 5.31. The minimum Gasteiger partial charge on any atom is -0.467 e. The number of likely N-dealkylation sites (tertiary alicyclic amines) is 1. The monoisotopic (exact) mass is 464 g/mol. The lowest BCUT2D eigenvalue weighted by molar-refractivity contribution is -0.114. The van der Waals surface area contributed by atoms with Gasteiger partial charge in [0.05, 0.1) is 4.90 Å². The maximum atomic E-state index is 13.0. The van der Waals surface area contributed by atoms with Crippen molar-refractivity contribution in [3.8, 4) is 5.19 Å². The van der Waals surface area contributed by atoms with Crippen LogP contribution < -0.4 is 10.1 Å². The highest BCUT2D eigenvalue weighted by Gasteiger charge is 2.33. The quantitative estimate of drug-likeness (QED) is 0.707. The number of amides is 1. The van der Waals surface area contributed by atoms with E-state index in [2.05, 4.69) is 15.2 Å². The van der Waals surface area contributed by atoms with Crippen molar-refractivity contribution in [2.24, 2.45) is 0 Å². The first-order chi connectivity index (χ1) is 14.9. The Morgan fingerprint density at radius 3 is 2.35 bits per heavy atom. The Morgan fingerprint density at radius 2 is 1.77 bits per heavy atom. The highest BCUT2D eigenvalue weighted by atomic mass is 32.2. The zero-order valence-corrected chi connectivity index (χ0v) is 19.2. The van der Waals surface area contributed by atoms with Gasteiger partial charge in [-0.15, -0.1) is 0 Å². The van der Waals surface area contributed by atoms with Crippen LogP contribution in [0.25, 0.3) is 0 Å². The Balaban J connectivity index is 1.27. The third-order valence-electron chi connectivity index (χ3n) is 5.91. The van der Waals surface area contributed by atoms with Gasteiger partial charge in [-0.25, -0.2) is 13.4 Å². The lowest BCUT2D eigenvalue weighted by Crippen LogP contribution is -2.50. The van der Waals surface area contributed by atoms with Crippen molar-refractivity contribution in [3.63, 3.8) is 0 Å². The molecule has 10 heteroatoms. The summed E-state index contributed by atoms with van der Waals surface area (Å²) in [5.74, 6) is -0.184. The molecule has 31 heavy (non-hydrogen) atoms. The Hall–Kier alpha value is -2.01. The first-order valence-electron chi connectivity index (χ1n) is 10.6. The fraction of sp³-hybridized carbons (Fsp3) is 0.524. The van der Waals surface area contributed by atoms with Crippen LogP contribution in [0.1, 0.15) is 32.6 Å². The number of rotatable bonds is 6. The molecule has 0 unspecified atom stereocenters. The molecule has 2 aliphatic rings. The maximum absolute atomic E-state index is 13.0. The third kappa shape index (κ3) is 5.43. The number of carbonyl (C=O) groups excluding carboxylic acids is 1. The van der Waals surface area contributed by atoms with Crippen LogP contribution in [0, 0.1) is 0 Å². The number of hydrogen-bond donors (Lipinski definition) is 1. The number of aromatic nitrogens is 1. The maximum Gasteiger partial charge on any atom is 0.273 e. The van der Waals surface area contributed by atoms with Gasteiger partial charge in [-0.05, 0) is 49.9 Å². The molecule has 0 atom stereocenters. The summed E-state index contributed by atoms with van der Waals surface area (Å²) in [7, 11) is -3.52. The molecule has 0 saturated carbocycles. The van der Waals surface area contributed by atoms with Gasteiger partial charge in [0.2, 0.25) is 15.9 Å². The largest absolute Gasteiger partial charge is 0.467 e. The first-order valence-corrected chi connectivity index (χ1v) is 12.9. The lowest BCUT2D eigenvalue weighted by Gasteiger charge is -2.41. The van der Waals surface area contributed by atoms with Crippen LogP contribution in [0.3, 0.4) is 0 Å². The molecular formula is C21H28N4O4S2. The number of ether oxygens (including phenoxy) is 1. The lowest BCUT2D eigenvalue weighted by atomic mass is 10.00. The Morgan fingerprint density at radius 1 is 1.10 bits per heavy atom. The zero-order valence-electron chi connectivity index (χ0n) is 17.6.